The maximum Gasteiger partial charge on any atom is 0.416 e. The van der Waals surface area contributed by atoms with Gasteiger partial charge in [0.25, 0.3) is 5.92 Å². The predicted octanol–water partition coefficient (Wildman–Crippen LogP) is 7.57. The number of nitrogens with zero attached hydrogens (tertiary/aromatic N) is 8. The number of rotatable bonds is 14. The molecule has 1 aliphatic carbocycles. The normalized spacial score (nSPS) is 17.3. The smallest absolute Gasteiger partial charge is 0.352 e. The van der Waals surface area contributed by atoms with Gasteiger partial charge in [-0.05, 0) is 67.3 Å². The topological polar surface area (TPSA) is 137 Å². The van der Waals surface area contributed by atoms with Gasteiger partial charge in [-0.1, -0.05) is 13.3 Å². The molecule has 0 radical (unpaired) electrons. The van der Waals surface area contributed by atoms with Crippen molar-refractivity contribution in [3.8, 4) is 0 Å². The van der Waals surface area contributed by atoms with Crippen molar-refractivity contribution in [1.82, 2.24) is 34.8 Å². The average Bonchev–Trinajstić information content (AvgIpc) is 3.95. The maximum absolute atomic E-state index is 14.2. The summed E-state index contributed by atoms with van der Waals surface area (Å²) in [5.41, 5.74) is 2.38. The number of hydrogen-bond acceptors (Lipinski definition) is 11. The molecule has 298 valence electrons. The van der Waals surface area contributed by atoms with Crippen LogP contribution in [0.15, 0.2) is 42.7 Å². The van der Waals surface area contributed by atoms with Crippen LogP contribution in [0.2, 0.25) is 0 Å². The van der Waals surface area contributed by atoms with Crippen molar-refractivity contribution < 1.29 is 31.1 Å². The van der Waals surface area contributed by atoms with Gasteiger partial charge in [0.15, 0.2) is 0 Å². The molecule has 0 aromatic carbocycles. The molecule has 0 unspecified atom stereocenters. The number of halogens is 6. The molecule has 1 amide bonds. The summed E-state index contributed by atoms with van der Waals surface area (Å²) in [5, 5.41) is 8.98. The number of amides is 1. The molecule has 12 nitrogen and oxygen atoms in total. The number of hydrogen-bond donors (Lipinski definition) is 3. The van der Waals surface area contributed by atoms with E-state index in [1.54, 1.807) is 17.2 Å². The van der Waals surface area contributed by atoms with Crippen LogP contribution in [0, 0.1) is 0 Å². The molecule has 6 heterocycles. The van der Waals surface area contributed by atoms with Gasteiger partial charge in [-0.2, -0.15) is 23.1 Å². The molecule has 1 saturated carbocycles. The fraction of sp³-hybridized carbons (Fsp3) is 0.500. The molecule has 18 heteroatoms. The molecule has 0 spiro atoms. The highest BCUT2D eigenvalue weighted by Gasteiger charge is 2.40. The van der Waals surface area contributed by atoms with E-state index in [1.807, 2.05) is 19.1 Å². The van der Waals surface area contributed by atoms with Crippen molar-refractivity contribution in [2.24, 2.45) is 0 Å². The first-order chi connectivity index (χ1) is 26.9. The lowest BCUT2D eigenvalue weighted by atomic mass is 9.92. The highest BCUT2D eigenvalue weighted by Crippen LogP contribution is 2.43. The van der Waals surface area contributed by atoms with Crippen molar-refractivity contribution in [3.05, 3.63) is 70.8 Å². The number of anilines is 6. The highest BCUT2D eigenvalue weighted by atomic mass is 19.4. The molecule has 4 aromatic rings. The standard InChI is InChI=1S/C38H43F6N11O/c1-2-3-27-18-32(52-35(48-27)46-12-10-39)51-31-19-28(23-4-5-23)25(21-47-31)16-34(56)54-13-7-24(8-14-54)29-20-33(50-30-17-26(6-11-45-30)38(42,43)44)53-36(49-29)55-15-9-37(40,41)22-55/h6,11,17-21,23-24H,2-5,7-10,12-16,22H2,1H3,(H,45,49,50,53)(H2,46,47,48,51,52). The molecule has 56 heavy (non-hydrogen) atoms. The molecular weight excluding hydrogens is 740 g/mol. The lowest BCUT2D eigenvalue weighted by Crippen LogP contribution is -2.39. The summed E-state index contributed by atoms with van der Waals surface area (Å²) in [6.45, 7) is 1.93. The Labute approximate surface area is 320 Å². The lowest BCUT2D eigenvalue weighted by Gasteiger charge is -2.32. The Kier molecular flexibility index (Phi) is 11.4. The first-order valence-electron chi connectivity index (χ1n) is 18.9. The first kappa shape index (κ1) is 39.0. The zero-order chi connectivity index (χ0) is 39.5. The van der Waals surface area contributed by atoms with Gasteiger partial charge in [0.2, 0.25) is 17.8 Å². The number of carbonyl (C=O) groups is 1. The predicted molar refractivity (Wildman–Crippen MR) is 199 cm³/mol. The number of likely N-dealkylation sites (tertiary alicyclic amines) is 1. The van der Waals surface area contributed by atoms with Crippen LogP contribution in [0.25, 0.3) is 0 Å². The minimum Gasteiger partial charge on any atom is -0.352 e. The van der Waals surface area contributed by atoms with Crippen molar-refractivity contribution in [2.75, 3.05) is 60.2 Å². The summed E-state index contributed by atoms with van der Waals surface area (Å²) in [6, 6.07) is 7.14. The van der Waals surface area contributed by atoms with Crippen molar-refractivity contribution in [3.63, 3.8) is 0 Å². The van der Waals surface area contributed by atoms with Crippen LogP contribution in [-0.4, -0.2) is 86.0 Å². The second-order valence-electron chi connectivity index (χ2n) is 14.5. The molecule has 2 saturated heterocycles. The van der Waals surface area contributed by atoms with Crippen LogP contribution in [-0.2, 0) is 23.8 Å². The third-order valence-electron chi connectivity index (χ3n) is 10.1. The minimum atomic E-state index is -4.58. The summed E-state index contributed by atoms with van der Waals surface area (Å²) in [4.78, 5) is 43.4. The zero-order valence-corrected chi connectivity index (χ0v) is 30.8. The Morgan fingerprint density at radius 3 is 2.32 bits per heavy atom. The minimum absolute atomic E-state index is 0.0277. The van der Waals surface area contributed by atoms with E-state index in [9.17, 15) is 31.1 Å². The number of nitrogens with one attached hydrogen (secondary N) is 3. The van der Waals surface area contributed by atoms with E-state index in [1.165, 1.54) is 4.90 Å². The number of pyridine rings is 2. The number of piperidine rings is 1. The molecule has 0 bridgehead atoms. The van der Waals surface area contributed by atoms with E-state index in [4.69, 9.17) is 0 Å². The average molecular weight is 784 g/mol. The van der Waals surface area contributed by atoms with Crippen LogP contribution in [0.5, 0.6) is 0 Å². The van der Waals surface area contributed by atoms with Crippen LogP contribution < -0.4 is 20.9 Å². The van der Waals surface area contributed by atoms with E-state index in [0.29, 0.717) is 55.1 Å². The molecule has 3 aliphatic rings. The molecule has 3 N–H and O–H groups in total. The third kappa shape index (κ3) is 9.74. The maximum atomic E-state index is 14.2. The van der Waals surface area contributed by atoms with Gasteiger partial charge in [-0.3, -0.25) is 4.79 Å². The molecular formula is C38H43F6N11O. The molecule has 7 rings (SSSR count). The van der Waals surface area contributed by atoms with Crippen LogP contribution in [0.4, 0.5) is 61.5 Å². The third-order valence-corrected chi connectivity index (χ3v) is 10.1. The van der Waals surface area contributed by atoms with E-state index in [2.05, 4.69) is 45.9 Å². The van der Waals surface area contributed by atoms with Gasteiger partial charge in [0.05, 0.1) is 24.2 Å². The zero-order valence-electron chi connectivity index (χ0n) is 30.8. The Balaban J connectivity index is 1.03. The van der Waals surface area contributed by atoms with Gasteiger partial charge in [-0.15, -0.1) is 0 Å². The van der Waals surface area contributed by atoms with E-state index >= 15 is 0 Å². The Morgan fingerprint density at radius 1 is 0.893 bits per heavy atom. The van der Waals surface area contributed by atoms with Crippen LogP contribution in [0.1, 0.15) is 85.4 Å². The number of aromatic nitrogens is 6. The SMILES string of the molecule is CCCc1cc(Nc2cc(C3CC3)c(CC(=O)N3CCC(c4cc(Nc5cc(C(F)(F)F)ccn5)nc(N5CCC(F)(F)C5)n4)CC3)cn2)nc(NCCF)n1. The van der Waals surface area contributed by atoms with Gasteiger partial charge < -0.3 is 25.8 Å². The van der Waals surface area contributed by atoms with Crippen molar-refractivity contribution in [1.29, 1.82) is 0 Å². The lowest BCUT2D eigenvalue weighted by molar-refractivity contribution is -0.137. The fourth-order valence-electron chi connectivity index (χ4n) is 7.08. The summed E-state index contributed by atoms with van der Waals surface area (Å²) in [6.07, 6.45) is 2.72. The number of carbonyl (C=O) groups excluding carboxylic acids is 1. The first-order valence-corrected chi connectivity index (χ1v) is 18.9. The summed E-state index contributed by atoms with van der Waals surface area (Å²) >= 11 is 0. The van der Waals surface area contributed by atoms with Gasteiger partial charge in [0.1, 0.15) is 29.9 Å². The van der Waals surface area contributed by atoms with E-state index < -0.39 is 30.9 Å². The summed E-state index contributed by atoms with van der Waals surface area (Å²) < 4.78 is 81.3. The summed E-state index contributed by atoms with van der Waals surface area (Å²) in [7, 11) is 0. The number of aryl methyl sites for hydroxylation is 1. The fourth-order valence-corrected chi connectivity index (χ4v) is 7.08. The van der Waals surface area contributed by atoms with Crippen molar-refractivity contribution >= 4 is 41.1 Å². The monoisotopic (exact) mass is 783 g/mol. The summed E-state index contributed by atoms with van der Waals surface area (Å²) in [5.74, 6) is -1.23. The van der Waals surface area contributed by atoms with E-state index in [0.717, 1.165) is 60.8 Å². The Hall–Kier alpha value is -5.29. The van der Waals surface area contributed by atoms with Crippen LogP contribution >= 0.6 is 0 Å². The largest absolute Gasteiger partial charge is 0.416 e. The number of alkyl halides is 6. The second-order valence-corrected chi connectivity index (χ2v) is 14.5. The van der Waals surface area contributed by atoms with Crippen LogP contribution in [0.3, 0.4) is 0 Å². The quantitative estimate of drug-likeness (QED) is 0.109. The van der Waals surface area contributed by atoms with Gasteiger partial charge >= 0.3 is 6.18 Å². The highest BCUT2D eigenvalue weighted by molar-refractivity contribution is 5.79. The van der Waals surface area contributed by atoms with E-state index in [-0.39, 0.29) is 55.3 Å². The van der Waals surface area contributed by atoms with Gasteiger partial charge in [0, 0.05) is 68.7 Å². The molecule has 3 fully saturated rings. The Morgan fingerprint density at radius 2 is 1.64 bits per heavy atom. The second kappa shape index (κ2) is 16.4. The van der Waals surface area contributed by atoms with Crippen molar-refractivity contribution in [2.45, 2.75) is 82.2 Å². The molecule has 2 aliphatic heterocycles. The Bertz CT molecular complexity index is 2020. The van der Waals surface area contributed by atoms with Gasteiger partial charge in [-0.25, -0.2) is 33.1 Å². The molecule has 0 atom stereocenters. The molecule has 4 aromatic heterocycles.